The van der Waals surface area contributed by atoms with E-state index in [9.17, 15) is 8.78 Å². The van der Waals surface area contributed by atoms with Crippen molar-refractivity contribution in [1.82, 2.24) is 10.3 Å². The van der Waals surface area contributed by atoms with Crippen LogP contribution in [-0.2, 0) is 0 Å². The van der Waals surface area contributed by atoms with Crippen molar-refractivity contribution in [3.63, 3.8) is 0 Å². The molecule has 2 rings (SSSR count). The Morgan fingerprint density at radius 1 is 1.33 bits per heavy atom. The minimum Gasteiger partial charge on any atom is -0.305 e. The maximum atomic E-state index is 14.4. The van der Waals surface area contributed by atoms with Crippen molar-refractivity contribution < 1.29 is 8.78 Å². The lowest BCUT2D eigenvalue weighted by atomic mass is 10.0. The maximum absolute atomic E-state index is 14.4. The lowest BCUT2D eigenvalue weighted by molar-refractivity contribution is 0.502. The Labute approximate surface area is 135 Å². The number of halogens is 3. The molecule has 1 N–H and O–H groups in total. The van der Waals surface area contributed by atoms with E-state index in [4.69, 9.17) is 0 Å². The first-order valence-corrected chi connectivity index (χ1v) is 8.37. The Morgan fingerprint density at radius 3 is 2.62 bits per heavy atom. The van der Waals surface area contributed by atoms with Gasteiger partial charge >= 0.3 is 0 Å². The van der Waals surface area contributed by atoms with Crippen LogP contribution in [0.1, 0.15) is 40.5 Å². The Balaban J connectivity index is 2.56. The zero-order valence-electron chi connectivity index (χ0n) is 12.1. The third-order valence-corrected chi connectivity index (χ3v) is 4.92. The average molecular weight is 375 g/mol. The van der Waals surface area contributed by atoms with Gasteiger partial charge in [0.05, 0.1) is 21.2 Å². The highest BCUT2D eigenvalue weighted by Crippen LogP contribution is 2.35. The first-order chi connectivity index (χ1) is 9.95. The van der Waals surface area contributed by atoms with Crippen LogP contribution in [0, 0.1) is 25.5 Å². The summed E-state index contributed by atoms with van der Waals surface area (Å²) in [4.78, 5) is 5.23. The fraction of sp³-hybridized carbons (Fsp3) is 0.400. The summed E-state index contributed by atoms with van der Waals surface area (Å²) in [6.07, 6.45) is 0.880. The van der Waals surface area contributed by atoms with Crippen LogP contribution in [0.5, 0.6) is 0 Å². The van der Waals surface area contributed by atoms with Gasteiger partial charge in [-0.25, -0.2) is 13.8 Å². The highest BCUT2D eigenvalue weighted by atomic mass is 79.9. The average Bonchev–Trinajstić information content (AvgIpc) is 2.77. The van der Waals surface area contributed by atoms with E-state index >= 15 is 0 Å². The summed E-state index contributed by atoms with van der Waals surface area (Å²) in [5.41, 5.74) is 0.856. The normalized spacial score (nSPS) is 12.7. The first-order valence-electron chi connectivity index (χ1n) is 6.76. The van der Waals surface area contributed by atoms with E-state index in [1.54, 1.807) is 0 Å². The number of hydrogen-bond acceptors (Lipinski definition) is 3. The molecule has 21 heavy (non-hydrogen) atoms. The van der Waals surface area contributed by atoms with Gasteiger partial charge in [-0.2, -0.15) is 0 Å². The summed E-state index contributed by atoms with van der Waals surface area (Å²) in [6.45, 7) is 6.45. The predicted octanol–water partition coefficient (Wildman–Crippen LogP) is 4.89. The second kappa shape index (κ2) is 6.94. The molecule has 2 nitrogen and oxygen atoms in total. The van der Waals surface area contributed by atoms with Crippen molar-refractivity contribution in [2.75, 3.05) is 6.54 Å². The molecule has 0 saturated heterocycles. The standard InChI is InChI=1S/C15H17BrF2N2S/c1-4-7-19-14(15-8(2)20-9(3)21-15)12-11(17)6-5-10(16)13(12)18/h5-6,14,19H,4,7H2,1-3H3. The van der Waals surface area contributed by atoms with Gasteiger partial charge in [-0.3, -0.25) is 0 Å². The van der Waals surface area contributed by atoms with Gasteiger partial charge in [0.1, 0.15) is 11.6 Å². The van der Waals surface area contributed by atoms with Gasteiger partial charge in [0.15, 0.2) is 0 Å². The smallest absolute Gasteiger partial charge is 0.145 e. The SMILES string of the molecule is CCCNC(c1sc(C)nc1C)c1c(F)ccc(Br)c1F. The molecule has 2 aromatic rings. The Kier molecular flexibility index (Phi) is 5.46. The second-order valence-corrected chi connectivity index (χ2v) is 6.92. The molecule has 0 bridgehead atoms. The number of aryl methyl sites for hydroxylation is 2. The van der Waals surface area contributed by atoms with E-state index in [-0.39, 0.29) is 10.0 Å². The molecule has 0 amide bonds. The summed E-state index contributed by atoms with van der Waals surface area (Å²) in [6, 6.07) is 2.15. The summed E-state index contributed by atoms with van der Waals surface area (Å²) in [5, 5.41) is 4.13. The Hall–Kier alpha value is -0.850. The maximum Gasteiger partial charge on any atom is 0.145 e. The van der Waals surface area contributed by atoms with Crippen LogP contribution < -0.4 is 5.32 Å². The van der Waals surface area contributed by atoms with E-state index in [1.165, 1.54) is 23.5 Å². The lowest BCUT2D eigenvalue weighted by Crippen LogP contribution is -2.25. The van der Waals surface area contributed by atoms with Crippen molar-refractivity contribution in [3.05, 3.63) is 49.4 Å². The number of rotatable bonds is 5. The molecule has 0 radical (unpaired) electrons. The molecule has 1 heterocycles. The first kappa shape index (κ1) is 16.5. The molecular formula is C15H17BrF2N2S. The molecule has 0 saturated carbocycles. The molecule has 0 spiro atoms. The number of nitrogens with one attached hydrogen (secondary N) is 1. The molecule has 0 fully saturated rings. The molecule has 0 aliphatic heterocycles. The van der Waals surface area contributed by atoms with Gasteiger partial charge in [-0.05, 0) is 54.9 Å². The quantitative estimate of drug-likeness (QED) is 0.753. The molecular weight excluding hydrogens is 358 g/mol. The van der Waals surface area contributed by atoms with E-state index in [0.29, 0.717) is 6.54 Å². The number of benzene rings is 1. The second-order valence-electron chi connectivity index (χ2n) is 4.83. The molecule has 114 valence electrons. The molecule has 1 unspecified atom stereocenters. The molecule has 0 aliphatic carbocycles. The van der Waals surface area contributed by atoms with Crippen molar-refractivity contribution >= 4 is 27.3 Å². The minimum atomic E-state index is -0.561. The summed E-state index contributed by atoms with van der Waals surface area (Å²) in [5.74, 6) is -1.11. The van der Waals surface area contributed by atoms with Crippen LogP contribution in [0.4, 0.5) is 8.78 Å². The fourth-order valence-electron chi connectivity index (χ4n) is 2.24. The summed E-state index contributed by atoms with van der Waals surface area (Å²) < 4.78 is 28.9. The third-order valence-electron chi connectivity index (χ3n) is 3.17. The Bertz CT molecular complexity index is 643. The highest BCUT2D eigenvalue weighted by Gasteiger charge is 2.26. The van der Waals surface area contributed by atoms with Crippen LogP contribution >= 0.6 is 27.3 Å². The number of nitrogens with zero attached hydrogens (tertiary/aromatic N) is 1. The summed E-state index contributed by atoms with van der Waals surface area (Å²) in [7, 11) is 0. The summed E-state index contributed by atoms with van der Waals surface area (Å²) >= 11 is 4.60. The van der Waals surface area contributed by atoms with Crippen molar-refractivity contribution in [3.8, 4) is 0 Å². The minimum absolute atomic E-state index is 0.0459. The highest BCUT2D eigenvalue weighted by molar-refractivity contribution is 9.10. The molecule has 1 aromatic carbocycles. The predicted molar refractivity (Wildman–Crippen MR) is 85.8 cm³/mol. The molecule has 0 aliphatic rings. The zero-order valence-corrected chi connectivity index (χ0v) is 14.5. The van der Waals surface area contributed by atoms with Gasteiger partial charge in [0, 0.05) is 10.4 Å². The van der Waals surface area contributed by atoms with E-state index in [0.717, 1.165) is 22.0 Å². The topological polar surface area (TPSA) is 24.9 Å². The van der Waals surface area contributed by atoms with Crippen molar-refractivity contribution in [1.29, 1.82) is 0 Å². The van der Waals surface area contributed by atoms with Crippen LogP contribution in [-0.4, -0.2) is 11.5 Å². The van der Waals surface area contributed by atoms with Gasteiger partial charge in [-0.1, -0.05) is 6.92 Å². The van der Waals surface area contributed by atoms with Gasteiger partial charge in [0.25, 0.3) is 0 Å². The fourth-order valence-corrected chi connectivity index (χ4v) is 3.60. The van der Waals surface area contributed by atoms with Crippen molar-refractivity contribution in [2.45, 2.75) is 33.2 Å². The number of hydrogen-bond donors (Lipinski definition) is 1. The van der Waals surface area contributed by atoms with Gasteiger partial charge in [0.2, 0.25) is 0 Å². The molecule has 1 atom stereocenters. The van der Waals surface area contributed by atoms with E-state index in [2.05, 4.69) is 26.2 Å². The zero-order chi connectivity index (χ0) is 15.6. The number of thiazole rings is 1. The Morgan fingerprint density at radius 2 is 2.05 bits per heavy atom. The largest absolute Gasteiger partial charge is 0.305 e. The van der Waals surface area contributed by atoms with E-state index in [1.807, 2.05) is 20.8 Å². The van der Waals surface area contributed by atoms with E-state index < -0.39 is 17.7 Å². The van der Waals surface area contributed by atoms with Gasteiger partial charge < -0.3 is 5.32 Å². The van der Waals surface area contributed by atoms with Crippen LogP contribution in [0.2, 0.25) is 0 Å². The third kappa shape index (κ3) is 3.49. The van der Waals surface area contributed by atoms with Crippen molar-refractivity contribution in [2.24, 2.45) is 0 Å². The number of aromatic nitrogens is 1. The van der Waals surface area contributed by atoms with Crippen LogP contribution in [0.3, 0.4) is 0 Å². The monoisotopic (exact) mass is 374 g/mol. The van der Waals surface area contributed by atoms with Crippen LogP contribution in [0.25, 0.3) is 0 Å². The lowest BCUT2D eigenvalue weighted by Gasteiger charge is -2.20. The van der Waals surface area contributed by atoms with Crippen LogP contribution in [0.15, 0.2) is 16.6 Å². The molecule has 6 heteroatoms. The van der Waals surface area contributed by atoms with Gasteiger partial charge in [-0.15, -0.1) is 11.3 Å². The molecule has 1 aromatic heterocycles.